The van der Waals surface area contributed by atoms with E-state index in [9.17, 15) is 9.59 Å². The number of nitrogens with zero attached hydrogens (tertiary/aromatic N) is 1. The normalized spacial score (nSPS) is 10.7. The lowest BCUT2D eigenvalue weighted by atomic mass is 10.2. The Bertz CT molecular complexity index is 761. The van der Waals surface area contributed by atoms with Crippen molar-refractivity contribution in [2.45, 2.75) is 13.8 Å². The van der Waals surface area contributed by atoms with Crippen LogP contribution >= 0.6 is 34.7 Å². The number of hydrogen-bond donors (Lipinski definition) is 0. The zero-order valence-electron chi connectivity index (χ0n) is 14.2. The van der Waals surface area contributed by atoms with Crippen molar-refractivity contribution < 1.29 is 23.8 Å². The van der Waals surface area contributed by atoms with Gasteiger partial charge in [-0.15, -0.1) is 0 Å². The average Bonchev–Trinajstić information content (AvgIpc) is 2.96. The fourth-order valence-corrected chi connectivity index (χ4v) is 2.86. The second kappa shape index (κ2) is 9.75. The number of rotatable bonds is 8. The van der Waals surface area contributed by atoms with Gasteiger partial charge < -0.3 is 14.2 Å². The molecule has 1 heterocycles. The monoisotopic (exact) mass is 417 g/mol. The van der Waals surface area contributed by atoms with Crippen LogP contribution in [0.15, 0.2) is 24.3 Å². The van der Waals surface area contributed by atoms with E-state index in [1.165, 1.54) is 0 Å². The first-order chi connectivity index (χ1) is 12.4. The Labute approximate surface area is 165 Å². The summed E-state index contributed by atoms with van der Waals surface area (Å²) in [4.78, 5) is 23.8. The van der Waals surface area contributed by atoms with Gasteiger partial charge >= 0.3 is 11.9 Å². The van der Waals surface area contributed by atoms with Crippen LogP contribution in [0.5, 0.6) is 5.75 Å². The van der Waals surface area contributed by atoms with Crippen molar-refractivity contribution in [1.82, 2.24) is 4.37 Å². The number of benzene rings is 1. The molecular formula is C17H17Cl2NO5S. The van der Waals surface area contributed by atoms with Crippen LogP contribution in [-0.2, 0) is 9.47 Å². The van der Waals surface area contributed by atoms with Gasteiger partial charge in [-0.25, -0.2) is 9.59 Å². The molecule has 26 heavy (non-hydrogen) atoms. The molecule has 0 saturated heterocycles. The highest BCUT2D eigenvalue weighted by Crippen LogP contribution is 2.28. The quantitative estimate of drug-likeness (QED) is 0.464. The summed E-state index contributed by atoms with van der Waals surface area (Å²) in [6, 6.07) is 6.52. The largest absolute Gasteiger partial charge is 0.490 e. The molecule has 0 unspecified atom stereocenters. The number of esters is 2. The third kappa shape index (κ3) is 5.86. The molecule has 1 aromatic heterocycles. The first kappa shape index (κ1) is 20.5. The third-order valence-corrected chi connectivity index (χ3v) is 4.78. The summed E-state index contributed by atoms with van der Waals surface area (Å²) in [7, 11) is 0. The topological polar surface area (TPSA) is 74.7 Å². The van der Waals surface area contributed by atoms with Crippen molar-refractivity contribution in [2.24, 2.45) is 5.92 Å². The lowest BCUT2D eigenvalue weighted by Gasteiger charge is -2.09. The van der Waals surface area contributed by atoms with Gasteiger partial charge in [-0.3, -0.25) is 0 Å². The fraction of sp³-hybridized carbons (Fsp3) is 0.353. The standard InChI is InChI=1S/C17H17Cl2NO5S/c1-10(2)9-25-16(21)11-3-5-12(6-4-11)23-7-8-24-17(22)14-13(18)15(19)20-26-14/h3-6,10H,7-9H2,1-2H3. The molecule has 0 aliphatic heterocycles. The zero-order valence-corrected chi connectivity index (χ0v) is 16.5. The van der Waals surface area contributed by atoms with Crippen molar-refractivity contribution in [2.75, 3.05) is 19.8 Å². The van der Waals surface area contributed by atoms with Gasteiger partial charge in [-0.1, -0.05) is 37.0 Å². The molecule has 0 aliphatic carbocycles. The van der Waals surface area contributed by atoms with Crippen LogP contribution < -0.4 is 4.74 Å². The summed E-state index contributed by atoms with van der Waals surface area (Å²) < 4.78 is 19.4. The van der Waals surface area contributed by atoms with Gasteiger partial charge in [0.1, 0.15) is 24.0 Å². The molecule has 2 aromatic rings. The van der Waals surface area contributed by atoms with Crippen molar-refractivity contribution in [3.63, 3.8) is 0 Å². The molecule has 0 fully saturated rings. The van der Waals surface area contributed by atoms with Gasteiger partial charge in [0.2, 0.25) is 0 Å². The molecule has 0 spiro atoms. The first-order valence-electron chi connectivity index (χ1n) is 7.76. The van der Waals surface area contributed by atoms with Gasteiger partial charge in [0.15, 0.2) is 10.0 Å². The minimum atomic E-state index is -0.605. The summed E-state index contributed by atoms with van der Waals surface area (Å²) >= 11 is 12.4. The highest BCUT2D eigenvalue weighted by Gasteiger charge is 2.18. The van der Waals surface area contributed by atoms with Crippen molar-refractivity contribution in [3.05, 3.63) is 44.9 Å². The highest BCUT2D eigenvalue weighted by molar-refractivity contribution is 7.09. The Morgan fingerprint density at radius 2 is 1.77 bits per heavy atom. The first-order valence-corrected chi connectivity index (χ1v) is 9.29. The SMILES string of the molecule is CC(C)COC(=O)c1ccc(OCCOC(=O)c2snc(Cl)c2Cl)cc1. The van der Waals surface area contributed by atoms with Crippen molar-refractivity contribution in [1.29, 1.82) is 0 Å². The molecule has 0 aliphatic rings. The van der Waals surface area contributed by atoms with E-state index in [4.69, 9.17) is 37.4 Å². The molecule has 0 bridgehead atoms. The summed E-state index contributed by atoms with van der Waals surface area (Å²) in [6.07, 6.45) is 0. The van der Waals surface area contributed by atoms with Crippen LogP contribution in [0.4, 0.5) is 0 Å². The third-order valence-electron chi connectivity index (χ3n) is 3.01. The minimum Gasteiger partial charge on any atom is -0.490 e. The maximum atomic E-state index is 11.8. The number of aromatic nitrogens is 1. The van der Waals surface area contributed by atoms with Gasteiger partial charge in [0.05, 0.1) is 12.2 Å². The van der Waals surface area contributed by atoms with Gasteiger partial charge in [0, 0.05) is 0 Å². The zero-order chi connectivity index (χ0) is 19.1. The molecule has 0 N–H and O–H groups in total. The van der Waals surface area contributed by atoms with Crippen LogP contribution in [0.2, 0.25) is 10.2 Å². The maximum Gasteiger partial charge on any atom is 0.351 e. The Balaban J connectivity index is 1.75. The second-order valence-electron chi connectivity index (χ2n) is 5.62. The fourth-order valence-electron chi connectivity index (χ4n) is 1.76. The van der Waals surface area contributed by atoms with Crippen molar-refractivity contribution in [3.8, 4) is 5.75 Å². The average molecular weight is 418 g/mol. The molecule has 0 atom stereocenters. The van der Waals surface area contributed by atoms with Crippen LogP contribution in [-0.4, -0.2) is 36.1 Å². The molecule has 0 radical (unpaired) electrons. The number of carbonyl (C=O) groups is 2. The second-order valence-corrected chi connectivity index (χ2v) is 7.13. The lowest BCUT2D eigenvalue weighted by molar-refractivity contribution is 0.0446. The van der Waals surface area contributed by atoms with E-state index >= 15 is 0 Å². The predicted octanol–water partition coefficient (Wildman–Crippen LogP) is 4.50. The molecule has 1 aromatic carbocycles. The molecule has 6 nitrogen and oxygen atoms in total. The van der Waals surface area contributed by atoms with Crippen LogP contribution in [0.25, 0.3) is 0 Å². The number of ether oxygens (including phenoxy) is 3. The molecule has 0 saturated carbocycles. The summed E-state index contributed by atoms with van der Waals surface area (Å²) in [5.41, 5.74) is 0.446. The van der Waals surface area contributed by atoms with E-state index in [0.29, 0.717) is 17.9 Å². The van der Waals surface area contributed by atoms with E-state index < -0.39 is 5.97 Å². The van der Waals surface area contributed by atoms with E-state index in [1.807, 2.05) is 13.8 Å². The van der Waals surface area contributed by atoms with E-state index in [1.54, 1.807) is 24.3 Å². The molecule has 0 amide bonds. The Morgan fingerprint density at radius 1 is 1.08 bits per heavy atom. The van der Waals surface area contributed by atoms with Crippen molar-refractivity contribution >= 4 is 46.7 Å². The lowest BCUT2D eigenvalue weighted by Crippen LogP contribution is -2.12. The Morgan fingerprint density at radius 3 is 2.35 bits per heavy atom. The molecule has 140 valence electrons. The molecule has 2 rings (SSSR count). The van der Waals surface area contributed by atoms with Gasteiger partial charge in [-0.2, -0.15) is 4.37 Å². The number of carbonyl (C=O) groups excluding carboxylic acids is 2. The van der Waals surface area contributed by atoms with E-state index in [-0.39, 0.29) is 40.2 Å². The van der Waals surface area contributed by atoms with E-state index in [2.05, 4.69) is 4.37 Å². The Hall–Kier alpha value is -1.83. The summed E-state index contributed by atoms with van der Waals surface area (Å²) in [5, 5.41) is 0.161. The molecular weight excluding hydrogens is 401 g/mol. The smallest absolute Gasteiger partial charge is 0.351 e. The van der Waals surface area contributed by atoms with Crippen LogP contribution in [0.3, 0.4) is 0 Å². The molecule has 9 heteroatoms. The summed E-state index contributed by atoms with van der Waals surface area (Å²) in [5.74, 6) is -0.161. The predicted molar refractivity (Wildman–Crippen MR) is 99.5 cm³/mol. The Kier molecular flexibility index (Phi) is 7.68. The summed E-state index contributed by atoms with van der Waals surface area (Å²) in [6.45, 7) is 4.48. The van der Waals surface area contributed by atoms with E-state index in [0.717, 1.165) is 11.5 Å². The van der Waals surface area contributed by atoms with Gasteiger partial charge in [-0.05, 0) is 41.7 Å². The van der Waals surface area contributed by atoms with Crippen LogP contribution in [0, 0.1) is 5.92 Å². The van der Waals surface area contributed by atoms with Crippen LogP contribution in [0.1, 0.15) is 33.9 Å². The van der Waals surface area contributed by atoms with Gasteiger partial charge in [0.25, 0.3) is 0 Å². The maximum absolute atomic E-state index is 11.8. The number of halogens is 2. The minimum absolute atomic E-state index is 0.0306. The number of hydrogen-bond acceptors (Lipinski definition) is 7. The highest BCUT2D eigenvalue weighted by atomic mass is 35.5.